The van der Waals surface area contributed by atoms with Crippen LogP contribution in [0.3, 0.4) is 0 Å². The van der Waals surface area contributed by atoms with Crippen LogP contribution >= 0.6 is 0 Å². The maximum Gasteiger partial charge on any atom is 0.0782 e. The van der Waals surface area contributed by atoms with Gasteiger partial charge in [-0.05, 0) is 51.4 Å². The predicted octanol–water partition coefficient (Wildman–Crippen LogP) is 12.1. The fourth-order valence-electron chi connectivity index (χ4n) is 6.42. The van der Waals surface area contributed by atoms with Crippen LogP contribution in [0.1, 0.15) is 194 Å². The Morgan fingerprint density at radius 3 is 0.550 bits per heavy atom. The number of hydrogen-bond donors (Lipinski definition) is 0. The lowest BCUT2D eigenvalue weighted by atomic mass is 10.1. The van der Waals surface area contributed by atoms with E-state index in [-0.39, 0.29) is 0 Å². The molecule has 0 bridgehead atoms. The molecule has 2 nitrogen and oxygen atoms in total. The summed E-state index contributed by atoms with van der Waals surface area (Å²) in [6.45, 7) is 10.1. The van der Waals surface area contributed by atoms with Crippen molar-refractivity contribution in [2.45, 2.75) is 194 Å². The summed E-state index contributed by atoms with van der Waals surface area (Å²) in [5.41, 5.74) is 0. The normalized spacial score (nSPS) is 12.4. The number of nitrogens with zero attached hydrogens (tertiary/aromatic N) is 2. The summed E-state index contributed by atoms with van der Waals surface area (Å²) in [4.78, 5) is 0. The second kappa shape index (κ2) is 29.0. The van der Waals surface area contributed by atoms with Crippen LogP contribution in [0.2, 0.25) is 0 Å². The van der Waals surface area contributed by atoms with E-state index in [1.54, 1.807) is 0 Å². The van der Waals surface area contributed by atoms with Gasteiger partial charge in [0.15, 0.2) is 0 Å². The molecule has 0 radical (unpaired) electrons. The molecule has 0 saturated heterocycles. The third-order valence-electron chi connectivity index (χ3n) is 9.51. The molecule has 40 heavy (non-hydrogen) atoms. The van der Waals surface area contributed by atoms with Gasteiger partial charge in [0, 0.05) is 0 Å². The molecule has 0 spiro atoms. The average molecular weight is 567 g/mol. The highest BCUT2D eigenvalue weighted by atomic mass is 15.3. The third kappa shape index (κ3) is 30.9. The van der Waals surface area contributed by atoms with Gasteiger partial charge in [-0.25, -0.2) is 0 Å². The molecule has 0 aromatic carbocycles. The van der Waals surface area contributed by atoms with E-state index in [4.69, 9.17) is 0 Å². The first-order chi connectivity index (χ1) is 19.3. The van der Waals surface area contributed by atoms with E-state index in [2.05, 4.69) is 42.0 Å². The topological polar surface area (TPSA) is 0 Å². The fourth-order valence-corrected chi connectivity index (χ4v) is 6.42. The van der Waals surface area contributed by atoms with Gasteiger partial charge in [-0.3, -0.25) is 0 Å². The summed E-state index contributed by atoms with van der Waals surface area (Å²) in [5, 5.41) is 0. The van der Waals surface area contributed by atoms with E-state index < -0.39 is 0 Å². The number of quaternary nitrogens is 2. The summed E-state index contributed by atoms with van der Waals surface area (Å²) in [6, 6.07) is 0. The number of unbranched alkanes of at least 4 members (excludes halogenated alkanes) is 25. The first-order valence-electron chi connectivity index (χ1n) is 19.0. The summed E-state index contributed by atoms with van der Waals surface area (Å²) in [6.07, 6.45) is 40.5. The molecule has 0 amide bonds. The van der Waals surface area contributed by atoms with Crippen molar-refractivity contribution in [2.75, 3.05) is 54.4 Å². The Bertz CT molecular complexity index is 440. The van der Waals surface area contributed by atoms with Gasteiger partial charge in [-0.2, -0.15) is 0 Å². The van der Waals surface area contributed by atoms with E-state index in [0.717, 1.165) is 0 Å². The molecule has 0 rings (SSSR count). The van der Waals surface area contributed by atoms with Gasteiger partial charge in [0.2, 0.25) is 0 Å². The van der Waals surface area contributed by atoms with Gasteiger partial charge in [0.05, 0.1) is 54.4 Å². The molecule has 0 fully saturated rings. The standard InChI is InChI=1S/C38H82N2/c1-7-9-11-13-15-17-19-23-27-31-35-39(3,4)37-33-29-25-21-22-26-30-34-38-40(5,6)36-32-28-24-20-18-16-14-12-10-8-2/h7-38H2,1-6H3/q+2. The highest BCUT2D eigenvalue weighted by molar-refractivity contribution is 4.51. The smallest absolute Gasteiger partial charge is 0.0782 e. The molecule has 0 aliphatic carbocycles. The maximum atomic E-state index is 2.46. The Kier molecular flexibility index (Phi) is 29.0. The van der Waals surface area contributed by atoms with Crippen molar-refractivity contribution < 1.29 is 8.97 Å². The van der Waals surface area contributed by atoms with Crippen LogP contribution in [0.15, 0.2) is 0 Å². The summed E-state index contributed by atoms with van der Waals surface area (Å²) in [7, 11) is 9.85. The molecule has 0 aromatic rings. The monoisotopic (exact) mass is 567 g/mol. The Morgan fingerprint density at radius 2 is 0.375 bits per heavy atom. The largest absolute Gasteiger partial charge is 0.328 e. The average Bonchev–Trinajstić information content (AvgIpc) is 2.91. The van der Waals surface area contributed by atoms with E-state index >= 15 is 0 Å². The SMILES string of the molecule is CCCCCCCCCCCC[N+](C)(C)CCCCCCCCCC[N+](C)(C)CCCCCCCCCCCC. The van der Waals surface area contributed by atoms with E-state index in [1.165, 1.54) is 215 Å². The van der Waals surface area contributed by atoms with Crippen LogP contribution in [0, 0.1) is 0 Å². The van der Waals surface area contributed by atoms with Crippen molar-refractivity contribution in [3.63, 3.8) is 0 Å². The van der Waals surface area contributed by atoms with Crippen LogP contribution < -0.4 is 0 Å². The summed E-state index contributed by atoms with van der Waals surface area (Å²) >= 11 is 0. The zero-order chi connectivity index (χ0) is 29.6. The molecule has 0 saturated carbocycles. The van der Waals surface area contributed by atoms with Crippen molar-refractivity contribution in [2.24, 2.45) is 0 Å². The Morgan fingerprint density at radius 1 is 0.225 bits per heavy atom. The molecule has 0 atom stereocenters. The Hall–Kier alpha value is -0.0800. The predicted molar refractivity (Wildman–Crippen MR) is 184 cm³/mol. The van der Waals surface area contributed by atoms with Crippen LogP contribution in [-0.2, 0) is 0 Å². The molecular weight excluding hydrogens is 484 g/mol. The van der Waals surface area contributed by atoms with Crippen LogP contribution in [-0.4, -0.2) is 63.3 Å². The van der Waals surface area contributed by atoms with Gasteiger partial charge in [-0.15, -0.1) is 0 Å². The minimum absolute atomic E-state index is 1.24. The van der Waals surface area contributed by atoms with Crippen molar-refractivity contribution in [3.05, 3.63) is 0 Å². The molecule has 0 unspecified atom stereocenters. The molecule has 0 aromatic heterocycles. The highest BCUT2D eigenvalue weighted by Crippen LogP contribution is 2.15. The fraction of sp³-hybridized carbons (Fsp3) is 1.00. The summed E-state index contributed by atoms with van der Waals surface area (Å²) in [5.74, 6) is 0. The van der Waals surface area contributed by atoms with Gasteiger partial charge >= 0.3 is 0 Å². The van der Waals surface area contributed by atoms with Gasteiger partial charge in [0.25, 0.3) is 0 Å². The van der Waals surface area contributed by atoms with E-state index in [9.17, 15) is 0 Å². The molecule has 0 heterocycles. The highest BCUT2D eigenvalue weighted by Gasteiger charge is 2.14. The second-order valence-electron chi connectivity index (χ2n) is 15.0. The minimum atomic E-state index is 1.24. The number of hydrogen-bond acceptors (Lipinski definition) is 0. The van der Waals surface area contributed by atoms with Crippen molar-refractivity contribution >= 4 is 0 Å². The Labute approximate surface area is 256 Å². The third-order valence-corrected chi connectivity index (χ3v) is 9.51. The van der Waals surface area contributed by atoms with Crippen LogP contribution in [0.4, 0.5) is 0 Å². The van der Waals surface area contributed by atoms with Gasteiger partial charge < -0.3 is 8.97 Å². The molecule has 0 aliphatic rings. The molecule has 0 aliphatic heterocycles. The first-order valence-corrected chi connectivity index (χ1v) is 19.0. The van der Waals surface area contributed by atoms with Gasteiger partial charge in [-0.1, -0.05) is 142 Å². The molecular formula is C38H82N2+2. The minimum Gasteiger partial charge on any atom is -0.328 e. The summed E-state index contributed by atoms with van der Waals surface area (Å²) < 4.78 is 2.48. The van der Waals surface area contributed by atoms with E-state index in [1.807, 2.05) is 0 Å². The van der Waals surface area contributed by atoms with Crippen molar-refractivity contribution in [1.82, 2.24) is 0 Å². The quantitative estimate of drug-likeness (QED) is 0.0547. The lowest BCUT2D eigenvalue weighted by Crippen LogP contribution is -2.41. The molecule has 242 valence electrons. The first kappa shape index (κ1) is 39.9. The van der Waals surface area contributed by atoms with Crippen LogP contribution in [0.25, 0.3) is 0 Å². The molecule has 2 heteroatoms. The zero-order valence-corrected chi connectivity index (χ0v) is 29.5. The Balaban J connectivity index is 3.45. The maximum absolute atomic E-state index is 2.46. The molecule has 0 N–H and O–H groups in total. The van der Waals surface area contributed by atoms with Crippen LogP contribution in [0.5, 0.6) is 0 Å². The van der Waals surface area contributed by atoms with Crippen molar-refractivity contribution in [1.29, 1.82) is 0 Å². The second-order valence-corrected chi connectivity index (χ2v) is 15.0. The van der Waals surface area contributed by atoms with Gasteiger partial charge in [0.1, 0.15) is 0 Å². The van der Waals surface area contributed by atoms with Crippen molar-refractivity contribution in [3.8, 4) is 0 Å². The zero-order valence-electron chi connectivity index (χ0n) is 29.5. The lowest BCUT2D eigenvalue weighted by molar-refractivity contribution is -0.890. The number of rotatable bonds is 33. The lowest BCUT2D eigenvalue weighted by Gasteiger charge is -2.30. The van der Waals surface area contributed by atoms with E-state index in [0.29, 0.717) is 0 Å².